The van der Waals surface area contributed by atoms with Gasteiger partial charge in [0.2, 0.25) is 5.91 Å². The van der Waals surface area contributed by atoms with E-state index in [0.29, 0.717) is 23.1 Å². The smallest absolute Gasteiger partial charge is 0.221 e. The number of imidazole rings is 1. The quantitative estimate of drug-likeness (QED) is 0.422. The van der Waals surface area contributed by atoms with Crippen molar-refractivity contribution in [2.45, 2.75) is 32.7 Å². The summed E-state index contributed by atoms with van der Waals surface area (Å²) in [5.41, 5.74) is 2.63. The van der Waals surface area contributed by atoms with Gasteiger partial charge in [0.05, 0.1) is 28.3 Å². The van der Waals surface area contributed by atoms with Gasteiger partial charge in [-0.25, -0.2) is 9.97 Å². The molecule has 0 spiro atoms. The molecule has 4 rings (SSSR count). The lowest BCUT2D eigenvalue weighted by atomic mass is 10.0. The summed E-state index contributed by atoms with van der Waals surface area (Å²) in [5.74, 6) is 1.97. The maximum Gasteiger partial charge on any atom is 0.221 e. The Kier molecular flexibility index (Phi) is 5.86. The monoisotopic (exact) mass is 422 g/mol. The van der Waals surface area contributed by atoms with Gasteiger partial charge in [-0.3, -0.25) is 4.79 Å². The van der Waals surface area contributed by atoms with Gasteiger partial charge in [-0.05, 0) is 30.2 Å². The third-order valence-corrected chi connectivity index (χ3v) is 5.27. The molecule has 0 saturated heterocycles. The first-order chi connectivity index (χ1) is 14.5. The molecule has 30 heavy (non-hydrogen) atoms. The van der Waals surface area contributed by atoms with Gasteiger partial charge in [0.25, 0.3) is 0 Å². The number of halogens is 1. The van der Waals surface area contributed by atoms with E-state index in [0.717, 1.165) is 22.4 Å². The fourth-order valence-electron chi connectivity index (χ4n) is 3.35. The van der Waals surface area contributed by atoms with Gasteiger partial charge in [-0.2, -0.15) is 0 Å². The van der Waals surface area contributed by atoms with Crippen LogP contribution in [0, 0.1) is 5.92 Å². The third kappa shape index (κ3) is 4.39. The first-order valence-corrected chi connectivity index (χ1v) is 10.3. The second-order valence-corrected chi connectivity index (χ2v) is 7.93. The molecule has 0 saturated carbocycles. The molecular weight excluding hydrogens is 400 g/mol. The van der Waals surface area contributed by atoms with Crippen LogP contribution in [0.15, 0.2) is 59.1 Å². The van der Waals surface area contributed by atoms with Gasteiger partial charge in [0.15, 0.2) is 11.7 Å². The molecule has 0 fully saturated rings. The van der Waals surface area contributed by atoms with Crippen LogP contribution >= 0.6 is 11.6 Å². The van der Waals surface area contributed by atoms with Crippen LogP contribution in [0.3, 0.4) is 0 Å². The lowest BCUT2D eigenvalue weighted by Gasteiger charge is -2.20. The molecule has 2 heterocycles. The number of carbonyl (C=O) groups excluding carboxylic acids is 1. The first kappa shape index (κ1) is 20.2. The van der Waals surface area contributed by atoms with E-state index in [1.165, 1.54) is 0 Å². The van der Waals surface area contributed by atoms with E-state index in [4.69, 9.17) is 16.0 Å². The highest BCUT2D eigenvalue weighted by atomic mass is 35.5. The molecule has 2 N–H and O–H groups in total. The van der Waals surface area contributed by atoms with Crippen molar-refractivity contribution in [1.29, 1.82) is 0 Å². The Morgan fingerprint density at radius 3 is 2.70 bits per heavy atom. The van der Waals surface area contributed by atoms with E-state index in [1.807, 2.05) is 42.5 Å². The zero-order chi connectivity index (χ0) is 21.1. The normalized spacial score (nSPS) is 12.4. The molecule has 2 aromatic carbocycles. The first-order valence-electron chi connectivity index (χ1n) is 9.95. The number of oxazole rings is 1. The van der Waals surface area contributed by atoms with Crippen molar-refractivity contribution >= 4 is 28.5 Å². The number of hydrogen-bond acceptors (Lipinski definition) is 4. The van der Waals surface area contributed by atoms with Crippen molar-refractivity contribution in [3.05, 3.63) is 71.5 Å². The number of amides is 1. The summed E-state index contributed by atoms with van der Waals surface area (Å²) in [6.45, 7) is 4.12. The molecule has 4 aromatic rings. The minimum absolute atomic E-state index is 0.0772. The number of aromatic amines is 1. The SMILES string of the molecule is CC(C)[C@H](NC(=O)CCc1ncc(-c2ccccc2Cl)o1)c1nc2ccccc2[nH]1. The zero-order valence-electron chi connectivity index (χ0n) is 16.9. The Balaban J connectivity index is 1.40. The van der Waals surface area contributed by atoms with E-state index in [2.05, 4.69) is 34.1 Å². The van der Waals surface area contributed by atoms with Gasteiger partial charge in [-0.1, -0.05) is 49.7 Å². The van der Waals surface area contributed by atoms with Crippen molar-refractivity contribution in [1.82, 2.24) is 20.3 Å². The second kappa shape index (κ2) is 8.71. The summed E-state index contributed by atoms with van der Waals surface area (Å²) >= 11 is 6.21. The average Bonchev–Trinajstić information content (AvgIpc) is 3.37. The fourth-order valence-corrected chi connectivity index (χ4v) is 3.58. The van der Waals surface area contributed by atoms with Crippen LogP contribution in [0.25, 0.3) is 22.4 Å². The fraction of sp³-hybridized carbons (Fsp3) is 0.261. The number of nitrogens with zero attached hydrogens (tertiary/aromatic N) is 2. The summed E-state index contributed by atoms with van der Waals surface area (Å²) in [6.07, 6.45) is 2.31. The molecule has 0 radical (unpaired) electrons. The van der Waals surface area contributed by atoms with Crippen LogP contribution in [-0.4, -0.2) is 20.9 Å². The third-order valence-electron chi connectivity index (χ3n) is 4.94. The van der Waals surface area contributed by atoms with E-state index in [9.17, 15) is 4.79 Å². The van der Waals surface area contributed by atoms with Gasteiger partial charge < -0.3 is 14.7 Å². The molecule has 1 atom stereocenters. The summed E-state index contributed by atoms with van der Waals surface area (Å²) in [6, 6.07) is 15.1. The number of nitrogens with one attached hydrogen (secondary N) is 2. The Hall–Kier alpha value is -3.12. The molecule has 6 nitrogen and oxygen atoms in total. The van der Waals surface area contributed by atoms with Gasteiger partial charge in [0, 0.05) is 18.4 Å². The lowest BCUT2D eigenvalue weighted by Crippen LogP contribution is -2.32. The highest BCUT2D eigenvalue weighted by Crippen LogP contribution is 2.28. The van der Waals surface area contributed by atoms with Crippen molar-refractivity contribution in [3.8, 4) is 11.3 Å². The molecule has 2 aromatic heterocycles. The largest absolute Gasteiger partial charge is 0.441 e. The highest BCUT2D eigenvalue weighted by Gasteiger charge is 2.22. The number of aryl methyl sites for hydroxylation is 1. The Labute approximate surface area is 179 Å². The zero-order valence-corrected chi connectivity index (χ0v) is 17.6. The van der Waals surface area contributed by atoms with Crippen molar-refractivity contribution in [2.75, 3.05) is 0 Å². The second-order valence-electron chi connectivity index (χ2n) is 7.53. The maximum absolute atomic E-state index is 12.6. The molecule has 0 bridgehead atoms. The van der Waals surface area contributed by atoms with Crippen molar-refractivity contribution in [3.63, 3.8) is 0 Å². The number of hydrogen-bond donors (Lipinski definition) is 2. The summed E-state index contributed by atoms with van der Waals surface area (Å²) < 4.78 is 5.78. The number of rotatable bonds is 7. The molecule has 0 aliphatic rings. The number of carbonyl (C=O) groups is 1. The molecule has 154 valence electrons. The summed E-state index contributed by atoms with van der Waals surface area (Å²) in [5, 5.41) is 3.69. The Morgan fingerprint density at radius 2 is 1.93 bits per heavy atom. The van der Waals surface area contributed by atoms with Crippen LogP contribution in [0.2, 0.25) is 5.02 Å². The average molecular weight is 423 g/mol. The van der Waals surface area contributed by atoms with Crippen LogP contribution in [0.1, 0.15) is 38.0 Å². The minimum Gasteiger partial charge on any atom is -0.441 e. The highest BCUT2D eigenvalue weighted by molar-refractivity contribution is 6.33. The van der Waals surface area contributed by atoms with Crippen molar-refractivity contribution < 1.29 is 9.21 Å². The van der Waals surface area contributed by atoms with Crippen LogP contribution in [-0.2, 0) is 11.2 Å². The molecule has 0 unspecified atom stereocenters. The molecule has 0 aliphatic carbocycles. The van der Waals surface area contributed by atoms with Gasteiger partial charge >= 0.3 is 0 Å². The number of fused-ring (bicyclic) bond motifs is 1. The van der Waals surface area contributed by atoms with Crippen LogP contribution < -0.4 is 5.32 Å². The Bertz CT molecular complexity index is 1130. The number of benzene rings is 2. The molecule has 0 aliphatic heterocycles. The van der Waals surface area contributed by atoms with Crippen LogP contribution in [0.4, 0.5) is 0 Å². The van der Waals surface area contributed by atoms with Gasteiger partial charge in [0.1, 0.15) is 5.82 Å². The summed E-state index contributed by atoms with van der Waals surface area (Å²) in [7, 11) is 0. The standard InChI is InChI=1S/C23H23ClN4O2/c1-14(2)22(23-26-17-9-5-6-10-18(17)27-23)28-20(29)11-12-21-25-13-19(30-21)15-7-3-4-8-16(15)24/h3-10,13-14,22H,11-12H2,1-2H3,(H,26,27)(H,28,29)/t22-/m0/s1. The van der Waals surface area contributed by atoms with E-state index >= 15 is 0 Å². The number of aromatic nitrogens is 3. The topological polar surface area (TPSA) is 83.8 Å². The van der Waals surface area contributed by atoms with E-state index < -0.39 is 0 Å². The van der Waals surface area contributed by atoms with E-state index in [-0.39, 0.29) is 24.3 Å². The maximum atomic E-state index is 12.6. The van der Waals surface area contributed by atoms with Crippen LogP contribution in [0.5, 0.6) is 0 Å². The predicted octanol–water partition coefficient (Wildman–Crippen LogP) is 5.32. The predicted molar refractivity (Wildman–Crippen MR) is 117 cm³/mol. The van der Waals surface area contributed by atoms with Crippen molar-refractivity contribution in [2.24, 2.45) is 5.92 Å². The lowest BCUT2D eigenvalue weighted by molar-refractivity contribution is -0.122. The molecule has 1 amide bonds. The number of H-pyrrole nitrogens is 1. The Morgan fingerprint density at radius 1 is 1.17 bits per heavy atom. The molecular formula is C23H23ClN4O2. The molecule has 7 heteroatoms. The number of para-hydroxylation sites is 2. The minimum atomic E-state index is -0.201. The van der Waals surface area contributed by atoms with E-state index in [1.54, 1.807) is 12.3 Å². The summed E-state index contributed by atoms with van der Waals surface area (Å²) in [4.78, 5) is 24.8. The van der Waals surface area contributed by atoms with Gasteiger partial charge in [-0.15, -0.1) is 0 Å².